The zero-order valence-electron chi connectivity index (χ0n) is 19.7. The van der Waals surface area contributed by atoms with Crippen LogP contribution in [0, 0.1) is 13.8 Å². The summed E-state index contributed by atoms with van der Waals surface area (Å²) in [5.74, 6) is 3.80. The Labute approximate surface area is 199 Å². The number of aliphatic imine (C=N–C) groups is 2. The molecule has 1 aromatic heterocycles. The third-order valence-electron chi connectivity index (χ3n) is 5.72. The molecule has 1 atom stereocenters. The van der Waals surface area contributed by atoms with Gasteiger partial charge in [-0.2, -0.15) is 0 Å². The molecule has 3 aromatic carbocycles. The molecule has 0 saturated carbocycles. The van der Waals surface area contributed by atoms with Gasteiger partial charge in [0.15, 0.2) is 5.82 Å². The van der Waals surface area contributed by atoms with Crippen molar-refractivity contribution in [3.8, 4) is 33.6 Å². The van der Waals surface area contributed by atoms with E-state index in [1.807, 2.05) is 33.8 Å². The van der Waals surface area contributed by atoms with E-state index < -0.39 is 0 Å². The summed E-state index contributed by atoms with van der Waals surface area (Å²) < 4.78 is 0. The Morgan fingerprint density at radius 2 is 1.26 bits per heavy atom. The molecular weight excluding hydrogens is 420 g/mol. The van der Waals surface area contributed by atoms with Crippen molar-refractivity contribution >= 4 is 11.7 Å². The van der Waals surface area contributed by atoms with Crippen molar-refractivity contribution in [2.45, 2.75) is 33.9 Å². The van der Waals surface area contributed by atoms with Crippen LogP contribution in [0.1, 0.15) is 37.2 Å². The van der Waals surface area contributed by atoms with Crippen molar-refractivity contribution in [2.24, 2.45) is 9.98 Å². The van der Waals surface area contributed by atoms with E-state index in [0.717, 1.165) is 56.7 Å². The zero-order chi connectivity index (χ0) is 23.7. The van der Waals surface area contributed by atoms with E-state index in [2.05, 4.69) is 97.0 Å². The minimum atomic E-state index is -0.136. The minimum absolute atomic E-state index is 0.136. The van der Waals surface area contributed by atoms with Gasteiger partial charge >= 0.3 is 0 Å². The fourth-order valence-electron chi connectivity index (χ4n) is 4.31. The fraction of sp³-hybridized carbons (Fsp3) is 0.179. The van der Waals surface area contributed by atoms with Crippen LogP contribution in [0.2, 0.25) is 0 Å². The fourth-order valence-corrected chi connectivity index (χ4v) is 4.31. The second-order valence-corrected chi connectivity index (χ2v) is 8.43. The third kappa shape index (κ3) is 4.48. The van der Waals surface area contributed by atoms with E-state index in [1.54, 1.807) is 0 Å². The summed E-state index contributed by atoms with van der Waals surface area (Å²) in [5.41, 5.74) is 6.64. The highest BCUT2D eigenvalue weighted by Gasteiger charge is 2.16. The number of rotatable bonds is 4. The molecule has 0 bridgehead atoms. The van der Waals surface area contributed by atoms with Crippen LogP contribution in [0.4, 0.5) is 0 Å². The number of aryl methyl sites for hydroxylation is 2. The largest absolute Gasteiger partial charge is 0.348 e. The smallest absolute Gasteiger partial charge is 0.163 e. The van der Waals surface area contributed by atoms with Crippen LogP contribution in [0.5, 0.6) is 0 Å². The Hall–Kier alpha value is -4.19. The van der Waals surface area contributed by atoms with Gasteiger partial charge in [0.05, 0.1) is 0 Å². The van der Waals surface area contributed by atoms with Gasteiger partial charge in [-0.3, -0.25) is 0 Å². The highest BCUT2D eigenvalue weighted by atomic mass is 15.2. The lowest BCUT2D eigenvalue weighted by molar-refractivity contribution is 0.670. The van der Waals surface area contributed by atoms with Crippen LogP contribution in [0.25, 0.3) is 33.6 Å². The van der Waals surface area contributed by atoms with Gasteiger partial charge in [0.2, 0.25) is 0 Å². The monoisotopic (exact) mass is 446 g/mol. The highest BCUT2D eigenvalue weighted by Crippen LogP contribution is 2.35. The van der Waals surface area contributed by atoms with Crippen LogP contribution < -0.4 is 5.32 Å². The van der Waals surface area contributed by atoms with Crippen molar-refractivity contribution in [3.05, 3.63) is 90.0 Å². The van der Waals surface area contributed by atoms with Crippen LogP contribution in [0.15, 0.2) is 82.8 Å². The van der Waals surface area contributed by atoms with Crippen molar-refractivity contribution < 1.29 is 0 Å². The molecule has 1 unspecified atom stereocenters. The summed E-state index contributed by atoms with van der Waals surface area (Å²) in [6.07, 6.45) is -0.136. The van der Waals surface area contributed by atoms with E-state index in [9.17, 15) is 0 Å². The average Bonchev–Trinajstić information content (AvgIpc) is 2.83. The van der Waals surface area contributed by atoms with Crippen LogP contribution in [-0.4, -0.2) is 26.6 Å². The van der Waals surface area contributed by atoms with Crippen LogP contribution >= 0.6 is 0 Å². The maximum atomic E-state index is 4.68. The number of hydrogen-bond acceptors (Lipinski definition) is 6. The molecule has 1 N–H and O–H groups in total. The summed E-state index contributed by atoms with van der Waals surface area (Å²) in [7, 11) is 0. The average molecular weight is 447 g/mol. The normalized spacial score (nSPS) is 15.4. The van der Waals surface area contributed by atoms with E-state index in [-0.39, 0.29) is 6.17 Å². The maximum Gasteiger partial charge on any atom is 0.163 e. The first kappa shape index (κ1) is 21.6. The summed E-state index contributed by atoms with van der Waals surface area (Å²) in [6, 6.07) is 25.4. The first-order chi connectivity index (χ1) is 16.5. The van der Waals surface area contributed by atoms with Gasteiger partial charge in [0, 0.05) is 5.56 Å². The second kappa shape index (κ2) is 8.98. The molecule has 4 aromatic rings. The molecule has 0 spiro atoms. The van der Waals surface area contributed by atoms with Gasteiger partial charge < -0.3 is 5.32 Å². The summed E-state index contributed by atoms with van der Waals surface area (Å²) in [6.45, 7) is 7.68. The second-order valence-electron chi connectivity index (χ2n) is 8.43. The molecule has 2 heterocycles. The number of nitrogens with zero attached hydrogens (tertiary/aromatic N) is 5. The molecule has 1 aliphatic heterocycles. The molecule has 6 nitrogen and oxygen atoms in total. The number of amidine groups is 2. The minimum Gasteiger partial charge on any atom is -0.348 e. The van der Waals surface area contributed by atoms with Crippen LogP contribution in [0.3, 0.4) is 0 Å². The lowest BCUT2D eigenvalue weighted by atomic mass is 9.92. The summed E-state index contributed by atoms with van der Waals surface area (Å²) in [4.78, 5) is 22.4. The molecule has 0 aliphatic carbocycles. The molecule has 34 heavy (non-hydrogen) atoms. The van der Waals surface area contributed by atoms with Crippen molar-refractivity contribution in [2.75, 3.05) is 0 Å². The van der Waals surface area contributed by atoms with E-state index in [0.29, 0.717) is 5.82 Å². The molecule has 5 rings (SSSR count). The van der Waals surface area contributed by atoms with E-state index in [1.165, 1.54) is 0 Å². The van der Waals surface area contributed by atoms with E-state index in [4.69, 9.17) is 0 Å². The van der Waals surface area contributed by atoms with Crippen molar-refractivity contribution in [3.63, 3.8) is 0 Å². The lowest BCUT2D eigenvalue weighted by Crippen LogP contribution is -2.29. The topological polar surface area (TPSA) is 75.4 Å². The molecule has 168 valence electrons. The number of nitrogens with one attached hydrogen (secondary N) is 1. The van der Waals surface area contributed by atoms with Gasteiger partial charge in [-0.15, -0.1) is 0 Å². The molecular formula is C28H26N6. The number of benzene rings is 3. The van der Waals surface area contributed by atoms with Gasteiger partial charge in [0.25, 0.3) is 0 Å². The molecule has 0 amide bonds. The number of aromatic nitrogens is 3. The Morgan fingerprint density at radius 1 is 0.647 bits per heavy atom. The molecule has 0 radical (unpaired) electrons. The maximum absolute atomic E-state index is 4.68. The molecule has 6 heteroatoms. The molecule has 1 aliphatic rings. The molecule has 0 fully saturated rings. The van der Waals surface area contributed by atoms with E-state index >= 15 is 0 Å². The first-order valence-electron chi connectivity index (χ1n) is 11.3. The number of hydrogen-bond donors (Lipinski definition) is 1. The van der Waals surface area contributed by atoms with Crippen LogP contribution in [-0.2, 0) is 0 Å². The molecule has 0 saturated heterocycles. The quantitative estimate of drug-likeness (QED) is 0.422. The lowest BCUT2D eigenvalue weighted by Gasteiger charge is -2.21. The van der Waals surface area contributed by atoms with Gasteiger partial charge in [-0.05, 0) is 67.6 Å². The van der Waals surface area contributed by atoms with Crippen molar-refractivity contribution in [1.82, 2.24) is 20.3 Å². The summed E-state index contributed by atoms with van der Waals surface area (Å²) in [5, 5.41) is 3.37. The van der Waals surface area contributed by atoms with Gasteiger partial charge in [0.1, 0.15) is 29.5 Å². The standard InChI is InChI=1S/C28H26N6/c1-17-29-18(2)32-27(31-17)23-11-7-9-21(15-23)25-13-5-6-14-26(25)22-10-8-12-24(16-22)28-33-19(3)30-20(4)34-28/h5-16,27H,1-4H3,(H,29,31,32). The predicted octanol–water partition coefficient (Wildman–Crippen LogP) is 5.93. The third-order valence-corrected chi connectivity index (χ3v) is 5.72. The first-order valence-corrected chi connectivity index (χ1v) is 11.3. The highest BCUT2D eigenvalue weighted by molar-refractivity contribution is 5.96. The Bertz CT molecular complexity index is 1420. The Balaban J connectivity index is 1.55. The predicted molar refractivity (Wildman–Crippen MR) is 138 cm³/mol. The van der Waals surface area contributed by atoms with Gasteiger partial charge in [-0.1, -0.05) is 60.7 Å². The Kier molecular flexibility index (Phi) is 5.72. The van der Waals surface area contributed by atoms with Gasteiger partial charge in [-0.25, -0.2) is 24.9 Å². The Morgan fingerprint density at radius 3 is 1.94 bits per heavy atom. The zero-order valence-corrected chi connectivity index (χ0v) is 19.7. The summed E-state index contributed by atoms with van der Waals surface area (Å²) >= 11 is 0. The SMILES string of the molecule is CC1=NC(c2cccc(-c3ccccc3-c3cccc(-c4nc(C)nc(C)n4)c3)c2)NC(C)=N1. The van der Waals surface area contributed by atoms with Crippen molar-refractivity contribution in [1.29, 1.82) is 0 Å².